The first-order chi connectivity index (χ1) is 7.82. The number of carboxylic acids is 1. The average molecular weight is 241 g/mol. The van der Waals surface area contributed by atoms with E-state index in [9.17, 15) is 9.90 Å². The molecule has 0 aromatic heterocycles. The van der Waals surface area contributed by atoms with Gasteiger partial charge in [0.15, 0.2) is 0 Å². The van der Waals surface area contributed by atoms with Crippen LogP contribution in [0.15, 0.2) is 0 Å². The number of nitrogens with zero attached hydrogens (tertiary/aromatic N) is 1. The van der Waals surface area contributed by atoms with Crippen LogP contribution in [0.4, 0.5) is 0 Å². The molecule has 2 heterocycles. The van der Waals surface area contributed by atoms with Crippen molar-refractivity contribution in [1.82, 2.24) is 4.90 Å². The lowest BCUT2D eigenvalue weighted by Crippen LogP contribution is -2.46. The second-order valence-corrected chi connectivity index (χ2v) is 6.34. The molecule has 2 unspecified atom stereocenters. The minimum atomic E-state index is -0.661. The molecule has 2 aliphatic rings. The van der Waals surface area contributed by atoms with Crippen LogP contribution in [-0.4, -0.2) is 47.3 Å². The zero-order valence-corrected chi connectivity index (χ0v) is 11.0. The second kappa shape index (κ2) is 4.25. The van der Waals surface area contributed by atoms with Gasteiger partial charge in [0, 0.05) is 19.2 Å². The summed E-state index contributed by atoms with van der Waals surface area (Å²) >= 11 is 0. The van der Waals surface area contributed by atoms with Crippen molar-refractivity contribution in [1.29, 1.82) is 0 Å². The van der Waals surface area contributed by atoms with Gasteiger partial charge in [0.1, 0.15) is 0 Å². The maximum Gasteiger partial charge on any atom is 0.310 e. The van der Waals surface area contributed by atoms with Crippen LogP contribution in [0.2, 0.25) is 0 Å². The smallest absolute Gasteiger partial charge is 0.310 e. The fourth-order valence-corrected chi connectivity index (χ4v) is 2.99. The van der Waals surface area contributed by atoms with Crippen molar-refractivity contribution >= 4 is 5.97 Å². The van der Waals surface area contributed by atoms with Crippen molar-refractivity contribution in [2.45, 2.75) is 51.7 Å². The Bertz CT molecular complexity index is 316. The number of aliphatic carboxylic acids is 1. The van der Waals surface area contributed by atoms with Gasteiger partial charge >= 0.3 is 5.97 Å². The van der Waals surface area contributed by atoms with E-state index in [0.29, 0.717) is 12.6 Å². The monoisotopic (exact) mass is 241 g/mol. The molecular formula is C13H23NO3. The summed E-state index contributed by atoms with van der Waals surface area (Å²) in [5.41, 5.74) is -0.617. The van der Waals surface area contributed by atoms with Gasteiger partial charge in [0.05, 0.1) is 11.0 Å². The number of ether oxygens (including phenoxy) is 1. The Balaban J connectivity index is 1.99. The third-order valence-electron chi connectivity index (χ3n) is 4.21. The molecule has 2 rings (SSSR count). The van der Waals surface area contributed by atoms with Crippen molar-refractivity contribution in [3.05, 3.63) is 0 Å². The van der Waals surface area contributed by atoms with Gasteiger partial charge in [-0.2, -0.15) is 0 Å². The Hall–Kier alpha value is -0.610. The molecule has 0 aliphatic carbocycles. The van der Waals surface area contributed by atoms with E-state index in [4.69, 9.17) is 4.74 Å². The molecule has 1 N–H and O–H groups in total. The molecule has 2 fully saturated rings. The number of carbonyl (C=O) groups is 1. The van der Waals surface area contributed by atoms with Crippen molar-refractivity contribution in [3.8, 4) is 0 Å². The minimum absolute atomic E-state index is 0.0644. The summed E-state index contributed by atoms with van der Waals surface area (Å²) < 4.78 is 5.71. The van der Waals surface area contributed by atoms with Gasteiger partial charge in [-0.15, -0.1) is 0 Å². The van der Waals surface area contributed by atoms with Gasteiger partial charge in [0.2, 0.25) is 0 Å². The van der Waals surface area contributed by atoms with Crippen LogP contribution < -0.4 is 0 Å². The van der Waals surface area contributed by atoms with E-state index in [0.717, 1.165) is 32.4 Å². The highest BCUT2D eigenvalue weighted by atomic mass is 16.5. The number of hydrogen-bond donors (Lipinski definition) is 1. The normalized spacial score (nSPS) is 38.2. The standard InChI is InChI=1S/C13H23NO3/c1-12(2)8-10(4-7-17-12)14-6-5-13(3,9-14)11(15)16/h10H,4-9H2,1-3H3,(H,15,16). The van der Waals surface area contributed by atoms with E-state index in [-0.39, 0.29) is 5.60 Å². The van der Waals surface area contributed by atoms with Crippen LogP contribution in [0.25, 0.3) is 0 Å². The largest absolute Gasteiger partial charge is 0.481 e. The molecule has 0 bridgehead atoms. The van der Waals surface area contributed by atoms with Crippen molar-refractivity contribution in [2.75, 3.05) is 19.7 Å². The molecule has 4 nitrogen and oxygen atoms in total. The first-order valence-corrected chi connectivity index (χ1v) is 6.44. The summed E-state index contributed by atoms with van der Waals surface area (Å²) in [5, 5.41) is 9.24. The van der Waals surface area contributed by atoms with Gasteiger partial charge in [-0.05, 0) is 46.6 Å². The van der Waals surface area contributed by atoms with E-state index in [1.165, 1.54) is 0 Å². The van der Waals surface area contributed by atoms with Crippen LogP contribution in [0.3, 0.4) is 0 Å². The second-order valence-electron chi connectivity index (χ2n) is 6.34. The van der Waals surface area contributed by atoms with E-state index < -0.39 is 11.4 Å². The summed E-state index contributed by atoms with van der Waals surface area (Å²) in [6.45, 7) is 8.47. The third-order valence-corrected chi connectivity index (χ3v) is 4.21. The fourth-order valence-electron chi connectivity index (χ4n) is 2.99. The van der Waals surface area contributed by atoms with E-state index in [1.54, 1.807) is 0 Å². The SMILES string of the molecule is CC1(C)CC(N2CCC(C)(C(=O)O)C2)CCO1. The van der Waals surface area contributed by atoms with Gasteiger partial charge in [-0.25, -0.2) is 0 Å². The maximum atomic E-state index is 11.2. The molecule has 98 valence electrons. The highest BCUT2D eigenvalue weighted by Gasteiger charge is 2.44. The molecule has 2 atom stereocenters. The molecule has 2 aliphatic heterocycles. The summed E-state index contributed by atoms with van der Waals surface area (Å²) in [6, 6.07) is 0.486. The molecule has 0 radical (unpaired) electrons. The zero-order valence-electron chi connectivity index (χ0n) is 11.0. The molecular weight excluding hydrogens is 218 g/mol. The van der Waals surface area contributed by atoms with Gasteiger partial charge in [0.25, 0.3) is 0 Å². The van der Waals surface area contributed by atoms with E-state index in [2.05, 4.69) is 18.7 Å². The number of hydrogen-bond acceptors (Lipinski definition) is 3. The van der Waals surface area contributed by atoms with Crippen molar-refractivity contribution < 1.29 is 14.6 Å². The highest BCUT2D eigenvalue weighted by molar-refractivity contribution is 5.74. The molecule has 0 saturated carbocycles. The molecule has 0 aromatic rings. The van der Waals surface area contributed by atoms with Crippen LogP contribution >= 0.6 is 0 Å². The zero-order chi connectivity index (χ0) is 12.7. The fraction of sp³-hybridized carbons (Fsp3) is 0.923. The quantitative estimate of drug-likeness (QED) is 0.800. The Labute approximate surface area is 103 Å². The van der Waals surface area contributed by atoms with E-state index in [1.807, 2.05) is 6.92 Å². The third kappa shape index (κ3) is 2.63. The summed E-state index contributed by atoms with van der Waals surface area (Å²) in [4.78, 5) is 13.6. The lowest BCUT2D eigenvalue weighted by Gasteiger charge is -2.40. The van der Waals surface area contributed by atoms with Gasteiger partial charge < -0.3 is 9.84 Å². The predicted octanol–water partition coefficient (Wildman–Crippen LogP) is 1.74. The Morgan fingerprint density at radius 3 is 2.65 bits per heavy atom. The predicted molar refractivity (Wildman–Crippen MR) is 65.0 cm³/mol. The molecule has 0 amide bonds. The number of likely N-dealkylation sites (tertiary alicyclic amines) is 1. The summed E-state index contributed by atoms with van der Waals surface area (Å²) in [5.74, 6) is -0.661. The molecule has 4 heteroatoms. The molecule has 17 heavy (non-hydrogen) atoms. The first-order valence-electron chi connectivity index (χ1n) is 6.44. The van der Waals surface area contributed by atoms with Crippen molar-refractivity contribution in [3.63, 3.8) is 0 Å². The number of carboxylic acid groups (broad SMARTS) is 1. The number of rotatable bonds is 2. The van der Waals surface area contributed by atoms with Gasteiger partial charge in [-0.3, -0.25) is 9.69 Å². The summed E-state index contributed by atoms with van der Waals surface area (Å²) in [7, 11) is 0. The molecule has 0 aromatic carbocycles. The molecule has 0 spiro atoms. The van der Waals surface area contributed by atoms with Crippen LogP contribution in [0.5, 0.6) is 0 Å². The Morgan fingerprint density at radius 2 is 2.12 bits per heavy atom. The highest BCUT2D eigenvalue weighted by Crippen LogP contribution is 2.35. The minimum Gasteiger partial charge on any atom is -0.481 e. The maximum absolute atomic E-state index is 11.2. The lowest BCUT2D eigenvalue weighted by molar-refractivity contribution is -0.147. The summed E-state index contributed by atoms with van der Waals surface area (Å²) in [6.07, 6.45) is 2.79. The molecule has 2 saturated heterocycles. The van der Waals surface area contributed by atoms with Crippen molar-refractivity contribution in [2.24, 2.45) is 5.41 Å². The van der Waals surface area contributed by atoms with Crippen LogP contribution in [-0.2, 0) is 9.53 Å². The lowest BCUT2D eigenvalue weighted by atomic mass is 9.89. The topological polar surface area (TPSA) is 49.8 Å². The Kier molecular flexibility index (Phi) is 3.21. The first kappa shape index (κ1) is 12.8. The Morgan fingerprint density at radius 1 is 1.41 bits per heavy atom. The van der Waals surface area contributed by atoms with Gasteiger partial charge in [-0.1, -0.05) is 0 Å². The van der Waals surface area contributed by atoms with Crippen LogP contribution in [0.1, 0.15) is 40.0 Å². The van der Waals surface area contributed by atoms with Crippen LogP contribution in [0, 0.1) is 5.41 Å². The average Bonchev–Trinajstić information content (AvgIpc) is 2.61. The van der Waals surface area contributed by atoms with E-state index >= 15 is 0 Å².